The number of aromatic nitrogens is 3. The van der Waals surface area contributed by atoms with Gasteiger partial charge in [-0.1, -0.05) is 30.3 Å². The molecule has 0 aliphatic heterocycles. The maximum absolute atomic E-state index is 10.6. The Morgan fingerprint density at radius 2 is 1.93 bits per heavy atom. The van der Waals surface area contributed by atoms with Crippen molar-refractivity contribution < 1.29 is 5.11 Å². The third kappa shape index (κ3) is 8.27. The van der Waals surface area contributed by atoms with Crippen LogP contribution >= 0.6 is 24.0 Å². The quantitative estimate of drug-likeness (QED) is 0.283. The number of benzene rings is 1. The number of guanidine groups is 1. The average Bonchev–Trinajstić information content (AvgIpc) is 2.95. The van der Waals surface area contributed by atoms with Gasteiger partial charge >= 0.3 is 0 Å². The van der Waals surface area contributed by atoms with Crippen LogP contribution in [-0.2, 0) is 13.6 Å². The van der Waals surface area contributed by atoms with E-state index in [4.69, 9.17) is 0 Å². The van der Waals surface area contributed by atoms with Gasteiger partial charge in [-0.15, -0.1) is 34.2 Å². The number of nitrogens with zero attached hydrogens (tertiary/aromatic N) is 5. The summed E-state index contributed by atoms with van der Waals surface area (Å²) in [6.45, 7) is 7.11. The summed E-state index contributed by atoms with van der Waals surface area (Å²) in [6.07, 6.45) is 0. The third-order valence-corrected chi connectivity index (χ3v) is 4.51. The van der Waals surface area contributed by atoms with Crippen molar-refractivity contribution in [1.29, 1.82) is 0 Å². The molecule has 0 saturated carbocycles. The first-order chi connectivity index (χ1) is 13.2. The molecule has 0 bridgehead atoms. The van der Waals surface area contributed by atoms with Gasteiger partial charge in [-0.3, -0.25) is 0 Å². The van der Waals surface area contributed by atoms with Gasteiger partial charge in [0.2, 0.25) is 0 Å². The van der Waals surface area contributed by atoms with E-state index in [1.165, 1.54) is 0 Å². The topological polar surface area (TPSA) is 90.6 Å². The fraction of sp³-hybridized carbons (Fsp3) is 0.550. The van der Waals surface area contributed by atoms with E-state index in [2.05, 4.69) is 44.9 Å². The third-order valence-electron chi connectivity index (χ3n) is 4.51. The van der Waals surface area contributed by atoms with Gasteiger partial charge in [-0.2, -0.15) is 0 Å². The SMILES string of the molecule is Cc1nnc(CN=C(NCC(C)(O)CN(C)C)NC(C)c2ccccc2)n1C.I. The monoisotopic (exact) mass is 515 g/mol. The molecule has 3 N–H and O–H groups in total. The van der Waals surface area contributed by atoms with E-state index in [0.717, 1.165) is 17.2 Å². The summed E-state index contributed by atoms with van der Waals surface area (Å²) in [4.78, 5) is 6.62. The van der Waals surface area contributed by atoms with Crippen LogP contribution in [0.4, 0.5) is 0 Å². The Bertz CT molecular complexity index is 774. The molecule has 2 aromatic rings. The average molecular weight is 515 g/mol. The Labute approximate surface area is 190 Å². The van der Waals surface area contributed by atoms with E-state index < -0.39 is 5.60 Å². The number of aryl methyl sites for hydroxylation is 1. The molecule has 0 radical (unpaired) electrons. The summed E-state index contributed by atoms with van der Waals surface area (Å²) in [6, 6.07) is 10.2. The summed E-state index contributed by atoms with van der Waals surface area (Å²) in [5.74, 6) is 2.25. The molecule has 0 aliphatic rings. The molecular formula is C20H34IN7O. The van der Waals surface area contributed by atoms with Gasteiger partial charge in [-0.25, -0.2) is 4.99 Å². The van der Waals surface area contributed by atoms with Gasteiger partial charge in [0.15, 0.2) is 11.8 Å². The summed E-state index contributed by atoms with van der Waals surface area (Å²) in [5, 5.41) is 25.5. The van der Waals surface area contributed by atoms with E-state index >= 15 is 0 Å². The highest BCUT2D eigenvalue weighted by Crippen LogP contribution is 2.11. The zero-order chi connectivity index (χ0) is 20.7. The molecule has 2 rings (SSSR count). The maximum Gasteiger partial charge on any atom is 0.192 e. The Hall–Kier alpha value is -1.72. The second kappa shape index (κ2) is 11.5. The second-order valence-corrected chi connectivity index (χ2v) is 7.75. The van der Waals surface area contributed by atoms with E-state index in [1.807, 2.05) is 62.7 Å². The van der Waals surface area contributed by atoms with Gasteiger partial charge < -0.3 is 25.2 Å². The minimum Gasteiger partial charge on any atom is -0.387 e. The van der Waals surface area contributed by atoms with Gasteiger partial charge in [0, 0.05) is 20.1 Å². The number of rotatable bonds is 8. The van der Waals surface area contributed by atoms with Crippen LogP contribution in [0.5, 0.6) is 0 Å². The summed E-state index contributed by atoms with van der Waals surface area (Å²) in [7, 11) is 5.81. The van der Waals surface area contributed by atoms with Gasteiger partial charge in [0.05, 0.1) is 11.6 Å². The van der Waals surface area contributed by atoms with Crippen molar-refractivity contribution in [2.75, 3.05) is 27.2 Å². The Balaban J connectivity index is 0.00000420. The number of halogens is 1. The molecule has 0 saturated heterocycles. The number of aliphatic hydroxyl groups is 1. The molecule has 162 valence electrons. The fourth-order valence-electron chi connectivity index (χ4n) is 2.93. The lowest BCUT2D eigenvalue weighted by Gasteiger charge is -2.28. The Morgan fingerprint density at radius 3 is 2.48 bits per heavy atom. The lowest BCUT2D eigenvalue weighted by atomic mass is 10.1. The van der Waals surface area contributed by atoms with E-state index in [9.17, 15) is 5.11 Å². The van der Waals surface area contributed by atoms with Crippen LogP contribution < -0.4 is 10.6 Å². The molecule has 9 heteroatoms. The zero-order valence-electron chi connectivity index (χ0n) is 18.2. The molecular weight excluding hydrogens is 481 g/mol. The number of hydrogen-bond acceptors (Lipinski definition) is 5. The highest BCUT2D eigenvalue weighted by molar-refractivity contribution is 14.0. The van der Waals surface area contributed by atoms with Crippen LogP contribution in [0.15, 0.2) is 35.3 Å². The highest BCUT2D eigenvalue weighted by Gasteiger charge is 2.22. The van der Waals surface area contributed by atoms with Gasteiger partial charge in [0.1, 0.15) is 12.4 Å². The van der Waals surface area contributed by atoms with Gasteiger partial charge in [0.25, 0.3) is 0 Å². The first-order valence-corrected chi connectivity index (χ1v) is 9.50. The molecule has 0 spiro atoms. The van der Waals surface area contributed by atoms with E-state index in [1.54, 1.807) is 0 Å². The Kier molecular flexibility index (Phi) is 10.0. The van der Waals surface area contributed by atoms with Gasteiger partial charge in [-0.05, 0) is 40.4 Å². The molecule has 0 aliphatic carbocycles. The van der Waals surface area contributed by atoms with Crippen molar-refractivity contribution in [2.24, 2.45) is 12.0 Å². The van der Waals surface area contributed by atoms with Crippen LogP contribution in [0.2, 0.25) is 0 Å². The molecule has 2 atom stereocenters. The van der Waals surface area contributed by atoms with Crippen molar-refractivity contribution in [3.63, 3.8) is 0 Å². The molecule has 1 heterocycles. The fourth-order valence-corrected chi connectivity index (χ4v) is 2.93. The minimum atomic E-state index is -0.886. The normalized spacial score (nSPS) is 14.8. The molecule has 0 fully saturated rings. The molecule has 29 heavy (non-hydrogen) atoms. The molecule has 1 aromatic carbocycles. The largest absolute Gasteiger partial charge is 0.387 e. The van der Waals surface area contributed by atoms with Crippen LogP contribution in [0.1, 0.15) is 37.1 Å². The lowest BCUT2D eigenvalue weighted by Crippen LogP contribution is -2.50. The first-order valence-electron chi connectivity index (χ1n) is 9.50. The maximum atomic E-state index is 10.6. The number of hydrogen-bond donors (Lipinski definition) is 3. The molecule has 2 unspecified atom stereocenters. The molecule has 0 amide bonds. The van der Waals surface area contributed by atoms with Crippen molar-refractivity contribution >= 4 is 29.9 Å². The van der Waals surface area contributed by atoms with E-state index in [-0.39, 0.29) is 30.0 Å². The standard InChI is InChI=1S/C20H33N7O.HI/c1-15(17-10-8-7-9-11-17)23-19(22-13-20(3,28)14-26(4)5)21-12-18-25-24-16(2)27(18)6;/h7-11,15,28H,12-14H2,1-6H3,(H2,21,22,23);1H. The number of aliphatic imine (C=N–C) groups is 1. The van der Waals surface area contributed by atoms with Crippen molar-refractivity contribution in [1.82, 2.24) is 30.3 Å². The van der Waals surface area contributed by atoms with Crippen LogP contribution in [-0.4, -0.2) is 63.5 Å². The molecule has 8 nitrogen and oxygen atoms in total. The first kappa shape index (κ1) is 25.3. The van der Waals surface area contributed by atoms with Crippen LogP contribution in [0.25, 0.3) is 0 Å². The Morgan fingerprint density at radius 1 is 1.28 bits per heavy atom. The minimum absolute atomic E-state index is 0. The summed E-state index contributed by atoms with van der Waals surface area (Å²) < 4.78 is 1.92. The van der Waals surface area contributed by atoms with Crippen molar-refractivity contribution in [3.8, 4) is 0 Å². The number of nitrogens with one attached hydrogen (secondary N) is 2. The van der Waals surface area contributed by atoms with E-state index in [0.29, 0.717) is 25.6 Å². The highest BCUT2D eigenvalue weighted by atomic mass is 127. The van der Waals surface area contributed by atoms with Crippen molar-refractivity contribution in [3.05, 3.63) is 47.5 Å². The second-order valence-electron chi connectivity index (χ2n) is 7.75. The molecule has 1 aromatic heterocycles. The number of likely N-dealkylation sites (N-methyl/N-ethyl adjacent to an activating group) is 1. The van der Waals surface area contributed by atoms with Crippen LogP contribution in [0.3, 0.4) is 0 Å². The summed E-state index contributed by atoms with van der Waals surface area (Å²) in [5.41, 5.74) is 0.273. The summed E-state index contributed by atoms with van der Waals surface area (Å²) >= 11 is 0. The zero-order valence-corrected chi connectivity index (χ0v) is 20.5. The smallest absolute Gasteiger partial charge is 0.192 e. The predicted octanol–water partition coefficient (Wildman–Crippen LogP) is 1.85. The lowest BCUT2D eigenvalue weighted by molar-refractivity contribution is 0.0376. The van der Waals surface area contributed by atoms with Crippen molar-refractivity contribution in [2.45, 2.75) is 39.0 Å². The van der Waals surface area contributed by atoms with Crippen LogP contribution in [0, 0.1) is 6.92 Å². The predicted molar refractivity (Wildman–Crippen MR) is 127 cm³/mol.